The molecule has 0 unspecified atom stereocenters. The second-order valence-electron chi connectivity index (χ2n) is 13.6. The van der Waals surface area contributed by atoms with E-state index in [2.05, 4.69) is 109 Å². The zero-order chi connectivity index (χ0) is 30.8. The Morgan fingerprint density at radius 1 is 0.595 bits per heavy atom. The van der Waals surface area contributed by atoms with Gasteiger partial charge < -0.3 is 0 Å². The predicted octanol–water partition coefficient (Wildman–Crippen LogP) is 11.6. The third-order valence-electron chi connectivity index (χ3n) is 11.3. The van der Waals surface area contributed by atoms with Crippen LogP contribution >= 0.6 is 0 Å². The molecule has 0 N–H and O–H groups in total. The Kier molecular flexibility index (Phi) is 13.8. The van der Waals surface area contributed by atoms with Gasteiger partial charge in [-0.2, -0.15) is 33.9 Å². The van der Waals surface area contributed by atoms with Crippen molar-refractivity contribution in [3.8, 4) is 0 Å². The second-order valence-corrected chi connectivity index (χ2v) is 13.6. The Balaban J connectivity index is 0.000000559. The summed E-state index contributed by atoms with van der Waals surface area (Å²) in [6.45, 7) is 31.9. The van der Waals surface area contributed by atoms with Crippen molar-refractivity contribution in [1.29, 1.82) is 0 Å². The summed E-state index contributed by atoms with van der Waals surface area (Å²) in [7, 11) is 0. The van der Waals surface area contributed by atoms with E-state index < -0.39 is 0 Å². The summed E-state index contributed by atoms with van der Waals surface area (Å²) in [6.07, 6.45) is 9.16. The summed E-state index contributed by atoms with van der Waals surface area (Å²) in [4.78, 5) is 0. The normalized spacial score (nSPS) is 16.5. The summed E-state index contributed by atoms with van der Waals surface area (Å²) >= 11 is 0. The summed E-state index contributed by atoms with van der Waals surface area (Å²) in [5, 5.41) is 0. The largest absolute Gasteiger partial charge is 0.177 e. The number of aryl methyl sites for hydroxylation is 3. The standard InChI is InChI=1S/C29H42.C12H17.Y.H2/c1-17-10-12-26(13-11-17)15-28-18(2)14-27(22(6)25(28)9)16-29-23(7)20(4)19(3)21(5)24(29)8;1-6-12-10(4)8(2)7-9(3)11(12)5;;/h14,17,26H,10-13,15-16H2,1-9H3;6H2,1-5H3;;1H/q;-1;;. The van der Waals surface area contributed by atoms with E-state index in [9.17, 15) is 0 Å². The average Bonchev–Trinajstić information content (AvgIpc) is 2.94. The van der Waals surface area contributed by atoms with Crippen LogP contribution < -0.4 is 0 Å². The van der Waals surface area contributed by atoms with E-state index in [-0.39, 0.29) is 34.1 Å². The summed E-state index contributed by atoms with van der Waals surface area (Å²) < 4.78 is 0. The monoisotopic (exact) mass is 642 g/mol. The minimum Gasteiger partial charge on any atom is -0.177 e. The van der Waals surface area contributed by atoms with E-state index in [4.69, 9.17) is 0 Å². The van der Waals surface area contributed by atoms with Gasteiger partial charge in [-0.05, 0) is 154 Å². The van der Waals surface area contributed by atoms with E-state index in [0.717, 1.165) is 24.7 Å². The molecular weight excluding hydrogens is 581 g/mol. The summed E-state index contributed by atoms with van der Waals surface area (Å²) in [6, 6.07) is 5.89. The zero-order valence-corrected chi connectivity index (χ0v) is 32.6. The van der Waals surface area contributed by atoms with Crippen molar-refractivity contribution in [3.05, 3.63) is 101 Å². The molecule has 1 saturated carbocycles. The summed E-state index contributed by atoms with van der Waals surface area (Å²) in [5.74, 6) is 1.83. The van der Waals surface area contributed by atoms with Crippen molar-refractivity contribution in [3.63, 3.8) is 0 Å². The minimum absolute atomic E-state index is 0. The van der Waals surface area contributed by atoms with E-state index in [0.29, 0.717) is 0 Å². The molecule has 3 aromatic rings. The fraction of sp³-hybridized carbons (Fsp3) is 0.561. The average molecular weight is 643 g/mol. The third kappa shape index (κ3) is 8.07. The smallest absolute Gasteiger partial charge is 0 e. The fourth-order valence-electron chi connectivity index (χ4n) is 7.31. The number of hydrogen-bond donors (Lipinski definition) is 0. The second kappa shape index (κ2) is 15.7. The van der Waals surface area contributed by atoms with Gasteiger partial charge in [0.1, 0.15) is 0 Å². The van der Waals surface area contributed by atoms with Gasteiger partial charge in [-0.15, -0.1) is 0 Å². The first kappa shape index (κ1) is 37.0. The zero-order valence-electron chi connectivity index (χ0n) is 29.8. The van der Waals surface area contributed by atoms with Gasteiger partial charge in [-0.25, -0.2) is 0 Å². The molecule has 0 amide bonds. The number of benzene rings is 3. The molecule has 0 heterocycles. The fourth-order valence-corrected chi connectivity index (χ4v) is 7.31. The molecule has 3 aromatic carbocycles. The van der Waals surface area contributed by atoms with Crippen LogP contribution in [-0.4, -0.2) is 0 Å². The predicted molar refractivity (Wildman–Crippen MR) is 184 cm³/mol. The Morgan fingerprint density at radius 2 is 1.05 bits per heavy atom. The maximum absolute atomic E-state index is 3.38. The van der Waals surface area contributed by atoms with Crippen molar-refractivity contribution in [2.24, 2.45) is 11.8 Å². The Morgan fingerprint density at radius 3 is 1.52 bits per heavy atom. The molecule has 0 spiro atoms. The van der Waals surface area contributed by atoms with Crippen LogP contribution in [0, 0.1) is 101 Å². The van der Waals surface area contributed by atoms with E-state index >= 15 is 0 Å². The van der Waals surface area contributed by atoms with Crippen molar-refractivity contribution >= 4 is 0 Å². The Hall–Kier alpha value is -1.24. The van der Waals surface area contributed by atoms with Gasteiger partial charge in [-0.1, -0.05) is 66.9 Å². The minimum atomic E-state index is 0. The molecule has 1 radical (unpaired) electrons. The molecule has 229 valence electrons. The number of rotatable bonds is 5. The van der Waals surface area contributed by atoms with E-state index in [1.54, 1.807) is 16.7 Å². The van der Waals surface area contributed by atoms with Crippen LogP contribution in [0.1, 0.15) is 130 Å². The van der Waals surface area contributed by atoms with Gasteiger partial charge in [0.25, 0.3) is 0 Å². The quantitative estimate of drug-likeness (QED) is 0.243. The third-order valence-corrected chi connectivity index (χ3v) is 11.3. The maximum Gasteiger partial charge on any atom is 0 e. The Labute approximate surface area is 287 Å². The van der Waals surface area contributed by atoms with Crippen LogP contribution in [0.15, 0.2) is 6.07 Å². The van der Waals surface area contributed by atoms with Gasteiger partial charge in [0, 0.05) is 34.1 Å². The first-order valence-electron chi connectivity index (χ1n) is 16.3. The molecule has 1 aliphatic carbocycles. The van der Waals surface area contributed by atoms with Gasteiger partial charge in [-0.3, -0.25) is 0 Å². The van der Waals surface area contributed by atoms with Gasteiger partial charge in [0.2, 0.25) is 0 Å². The van der Waals surface area contributed by atoms with Gasteiger partial charge in [0.15, 0.2) is 0 Å². The molecule has 0 atom stereocenters. The van der Waals surface area contributed by atoms with E-state index in [1.165, 1.54) is 104 Å². The maximum atomic E-state index is 3.38. The molecule has 42 heavy (non-hydrogen) atoms. The van der Waals surface area contributed by atoms with Gasteiger partial charge >= 0.3 is 0 Å². The van der Waals surface area contributed by atoms with Crippen LogP contribution in [0.5, 0.6) is 0 Å². The first-order valence-corrected chi connectivity index (χ1v) is 16.3. The SMILES string of the molecule is CCc1c(C)c(C)[c-]c(C)c1C.Cc1cc(Cc2c(C)c(C)c(C)c(C)c2C)c(C)c(C)c1CC1CCC(C)CC1.[HH].[Y]. The molecule has 1 fully saturated rings. The summed E-state index contributed by atoms with van der Waals surface area (Å²) in [5.41, 5.74) is 23.6. The molecule has 0 aliphatic heterocycles. The Bertz CT molecular complexity index is 1350. The van der Waals surface area contributed by atoms with Crippen LogP contribution in [-0.2, 0) is 52.0 Å². The molecular formula is C41H61Y-. The molecule has 0 bridgehead atoms. The van der Waals surface area contributed by atoms with Crippen molar-refractivity contribution in [2.45, 2.75) is 142 Å². The van der Waals surface area contributed by atoms with Crippen LogP contribution in [0.3, 0.4) is 0 Å². The van der Waals surface area contributed by atoms with Crippen molar-refractivity contribution in [1.82, 2.24) is 0 Å². The molecule has 0 nitrogen and oxygen atoms in total. The van der Waals surface area contributed by atoms with Crippen molar-refractivity contribution < 1.29 is 34.1 Å². The van der Waals surface area contributed by atoms with Crippen LogP contribution in [0.2, 0.25) is 0 Å². The molecule has 1 heteroatoms. The molecule has 0 aromatic heterocycles. The molecule has 4 rings (SSSR count). The molecule has 1 aliphatic rings. The van der Waals surface area contributed by atoms with E-state index in [1.807, 2.05) is 0 Å². The number of hydrogen-bond acceptors (Lipinski definition) is 0. The topological polar surface area (TPSA) is 0 Å². The van der Waals surface area contributed by atoms with Crippen molar-refractivity contribution in [2.75, 3.05) is 0 Å². The van der Waals surface area contributed by atoms with Crippen LogP contribution in [0.4, 0.5) is 0 Å². The van der Waals surface area contributed by atoms with Crippen LogP contribution in [0.25, 0.3) is 0 Å². The van der Waals surface area contributed by atoms with Gasteiger partial charge in [0.05, 0.1) is 0 Å². The first-order chi connectivity index (χ1) is 19.2. The molecule has 0 saturated heterocycles.